The minimum atomic E-state index is -3.40. The van der Waals surface area contributed by atoms with Crippen molar-refractivity contribution in [2.75, 3.05) is 24.3 Å². The van der Waals surface area contributed by atoms with Crippen LogP contribution in [0, 0.1) is 0 Å². The first-order valence-electron chi connectivity index (χ1n) is 7.54. The van der Waals surface area contributed by atoms with Gasteiger partial charge in [-0.25, -0.2) is 8.42 Å². The first kappa shape index (κ1) is 16.8. The first-order valence-corrected chi connectivity index (χ1v) is 9.26. The van der Waals surface area contributed by atoms with E-state index < -0.39 is 20.8 Å². The molecule has 0 bridgehead atoms. The Kier molecular flexibility index (Phi) is 5.11. The monoisotopic (exact) mass is 325 g/mol. The van der Waals surface area contributed by atoms with E-state index in [1.54, 1.807) is 25.9 Å². The van der Waals surface area contributed by atoms with Crippen molar-refractivity contribution in [1.29, 1.82) is 0 Å². The third kappa shape index (κ3) is 3.43. The van der Waals surface area contributed by atoms with Crippen molar-refractivity contribution < 1.29 is 17.9 Å². The van der Waals surface area contributed by atoms with Crippen molar-refractivity contribution in [3.63, 3.8) is 0 Å². The molecule has 0 atom stereocenters. The summed E-state index contributed by atoms with van der Waals surface area (Å²) in [5, 5.41) is -0.548. The van der Waals surface area contributed by atoms with E-state index in [-0.39, 0.29) is 5.91 Å². The Morgan fingerprint density at radius 3 is 2.68 bits per heavy atom. The number of ether oxygens (including phenoxy) is 1. The summed E-state index contributed by atoms with van der Waals surface area (Å²) in [5.74, 6) is -0.0459. The Labute approximate surface area is 132 Å². The summed E-state index contributed by atoms with van der Waals surface area (Å²) in [6.07, 6.45) is 2.64. The molecule has 0 unspecified atom stereocenters. The van der Waals surface area contributed by atoms with E-state index in [4.69, 9.17) is 4.74 Å². The minimum absolute atomic E-state index is 0.356. The zero-order valence-corrected chi connectivity index (χ0v) is 14.1. The molecule has 22 heavy (non-hydrogen) atoms. The van der Waals surface area contributed by atoms with E-state index >= 15 is 0 Å². The standard InChI is InChI=1S/C16H23NO4S/c1-12(2)22(19,20)11-16(18)17-10-5-4-7-13-14(17)8-6-9-15(13)21-3/h6,8-9,12H,4-5,7,10-11H2,1-3H3. The number of rotatable bonds is 4. The summed E-state index contributed by atoms with van der Waals surface area (Å²) in [4.78, 5) is 14.1. The molecule has 0 spiro atoms. The van der Waals surface area contributed by atoms with Crippen molar-refractivity contribution in [2.45, 2.75) is 38.4 Å². The van der Waals surface area contributed by atoms with E-state index in [0.29, 0.717) is 6.54 Å². The van der Waals surface area contributed by atoms with Crippen molar-refractivity contribution in [1.82, 2.24) is 0 Å². The Bertz CT molecular complexity index is 652. The fraction of sp³-hybridized carbons (Fsp3) is 0.562. The molecule has 1 amide bonds. The maximum Gasteiger partial charge on any atom is 0.242 e. The molecule has 6 heteroatoms. The number of hydrogen-bond acceptors (Lipinski definition) is 4. The molecule has 1 aliphatic heterocycles. The van der Waals surface area contributed by atoms with Crippen LogP contribution in [0.15, 0.2) is 18.2 Å². The molecular formula is C16H23NO4S. The number of fused-ring (bicyclic) bond motifs is 1. The topological polar surface area (TPSA) is 63.7 Å². The largest absolute Gasteiger partial charge is 0.496 e. The highest BCUT2D eigenvalue weighted by Gasteiger charge is 2.28. The first-order chi connectivity index (χ1) is 10.4. The molecule has 1 aromatic rings. The lowest BCUT2D eigenvalue weighted by Gasteiger charge is -2.24. The number of nitrogens with zero attached hydrogens (tertiary/aromatic N) is 1. The molecule has 0 aliphatic carbocycles. The fourth-order valence-electron chi connectivity index (χ4n) is 2.62. The van der Waals surface area contributed by atoms with Crippen molar-refractivity contribution in [3.8, 4) is 5.75 Å². The van der Waals surface area contributed by atoms with Gasteiger partial charge in [0.25, 0.3) is 0 Å². The number of hydrogen-bond donors (Lipinski definition) is 0. The van der Waals surface area contributed by atoms with Crippen LogP contribution < -0.4 is 9.64 Å². The lowest BCUT2D eigenvalue weighted by molar-refractivity contribution is -0.116. The molecule has 1 heterocycles. The van der Waals surface area contributed by atoms with Crippen LogP contribution in [0.1, 0.15) is 32.3 Å². The van der Waals surface area contributed by atoms with Gasteiger partial charge in [-0.15, -0.1) is 0 Å². The zero-order chi connectivity index (χ0) is 16.3. The highest BCUT2D eigenvalue weighted by atomic mass is 32.2. The van der Waals surface area contributed by atoms with E-state index in [9.17, 15) is 13.2 Å². The predicted molar refractivity (Wildman–Crippen MR) is 87.2 cm³/mol. The highest BCUT2D eigenvalue weighted by Crippen LogP contribution is 2.33. The quantitative estimate of drug-likeness (QED) is 0.851. The van der Waals surface area contributed by atoms with E-state index in [0.717, 1.165) is 36.3 Å². The average Bonchev–Trinajstić information content (AvgIpc) is 2.68. The van der Waals surface area contributed by atoms with Gasteiger partial charge < -0.3 is 9.64 Å². The van der Waals surface area contributed by atoms with Gasteiger partial charge in [0.1, 0.15) is 11.5 Å². The molecule has 0 N–H and O–H groups in total. The molecule has 5 nitrogen and oxygen atoms in total. The number of anilines is 1. The van der Waals surface area contributed by atoms with Crippen LogP contribution in [-0.4, -0.2) is 39.0 Å². The molecule has 0 fully saturated rings. The zero-order valence-electron chi connectivity index (χ0n) is 13.3. The van der Waals surface area contributed by atoms with Crippen molar-refractivity contribution in [3.05, 3.63) is 23.8 Å². The minimum Gasteiger partial charge on any atom is -0.496 e. The summed E-state index contributed by atoms with van der Waals surface area (Å²) in [6, 6.07) is 5.57. The van der Waals surface area contributed by atoms with Gasteiger partial charge in [-0.1, -0.05) is 6.07 Å². The summed E-state index contributed by atoms with van der Waals surface area (Å²) < 4.78 is 29.4. The molecule has 1 aromatic carbocycles. The number of sulfone groups is 1. The maximum absolute atomic E-state index is 12.5. The molecule has 0 radical (unpaired) electrons. The highest BCUT2D eigenvalue weighted by molar-refractivity contribution is 7.92. The Balaban J connectivity index is 2.35. The molecule has 0 saturated heterocycles. The van der Waals surface area contributed by atoms with Crippen LogP contribution in [0.2, 0.25) is 0 Å². The molecule has 1 aliphatic rings. The second-order valence-electron chi connectivity index (χ2n) is 5.82. The number of benzene rings is 1. The number of amides is 1. The second-order valence-corrected chi connectivity index (χ2v) is 8.37. The fourth-order valence-corrected chi connectivity index (χ4v) is 3.45. The normalized spacial score (nSPS) is 15.4. The predicted octanol–water partition coefficient (Wildman–Crippen LogP) is 2.19. The molecule has 122 valence electrons. The molecule has 2 rings (SSSR count). The van der Waals surface area contributed by atoms with Crippen LogP contribution in [0.4, 0.5) is 5.69 Å². The van der Waals surface area contributed by atoms with Gasteiger partial charge in [-0.3, -0.25) is 4.79 Å². The van der Waals surface area contributed by atoms with Crippen molar-refractivity contribution in [2.24, 2.45) is 0 Å². The average molecular weight is 325 g/mol. The second kappa shape index (κ2) is 6.69. The Hall–Kier alpha value is -1.56. The van der Waals surface area contributed by atoms with Gasteiger partial charge in [-0.2, -0.15) is 0 Å². The smallest absolute Gasteiger partial charge is 0.242 e. The van der Waals surface area contributed by atoms with Gasteiger partial charge in [0.05, 0.1) is 18.0 Å². The number of carbonyl (C=O) groups is 1. The lowest BCUT2D eigenvalue weighted by atomic mass is 10.1. The van der Waals surface area contributed by atoms with Gasteiger partial charge in [-0.05, 0) is 45.2 Å². The SMILES string of the molecule is COc1cccc2c1CCCCN2C(=O)CS(=O)(=O)C(C)C. The molecular weight excluding hydrogens is 302 g/mol. The number of carbonyl (C=O) groups excluding carboxylic acids is 1. The van der Waals surface area contributed by atoms with Gasteiger partial charge in [0.2, 0.25) is 5.91 Å². The third-order valence-corrected chi connectivity index (χ3v) is 6.11. The van der Waals surface area contributed by atoms with Gasteiger partial charge in [0.15, 0.2) is 9.84 Å². The van der Waals surface area contributed by atoms with Gasteiger partial charge in [0, 0.05) is 12.1 Å². The Morgan fingerprint density at radius 2 is 2.05 bits per heavy atom. The van der Waals surface area contributed by atoms with E-state index in [1.807, 2.05) is 18.2 Å². The summed E-state index contributed by atoms with van der Waals surface area (Å²) in [6.45, 7) is 3.75. The van der Waals surface area contributed by atoms with Crippen LogP contribution in [-0.2, 0) is 21.1 Å². The van der Waals surface area contributed by atoms with E-state index in [2.05, 4.69) is 0 Å². The van der Waals surface area contributed by atoms with Gasteiger partial charge >= 0.3 is 0 Å². The number of methoxy groups -OCH3 is 1. The summed E-state index contributed by atoms with van der Waals surface area (Å²) in [7, 11) is -1.79. The molecule has 0 saturated carbocycles. The third-order valence-electron chi connectivity index (χ3n) is 4.02. The van der Waals surface area contributed by atoms with Crippen LogP contribution in [0.5, 0.6) is 5.75 Å². The van der Waals surface area contributed by atoms with Crippen LogP contribution in [0.3, 0.4) is 0 Å². The lowest BCUT2D eigenvalue weighted by Crippen LogP contribution is -2.38. The van der Waals surface area contributed by atoms with Crippen LogP contribution >= 0.6 is 0 Å². The summed E-state index contributed by atoms with van der Waals surface area (Å²) >= 11 is 0. The van der Waals surface area contributed by atoms with Crippen molar-refractivity contribution >= 4 is 21.4 Å². The van der Waals surface area contributed by atoms with Crippen LogP contribution in [0.25, 0.3) is 0 Å². The summed E-state index contributed by atoms with van der Waals surface area (Å²) in [5.41, 5.74) is 1.76. The maximum atomic E-state index is 12.5. The Morgan fingerprint density at radius 1 is 1.32 bits per heavy atom. The molecule has 0 aromatic heterocycles. The van der Waals surface area contributed by atoms with E-state index in [1.165, 1.54) is 0 Å².